The van der Waals surface area contributed by atoms with Crippen LogP contribution in [-0.4, -0.2) is 43.7 Å². The molecular weight excluding hydrogens is 222 g/mol. The van der Waals surface area contributed by atoms with Crippen molar-refractivity contribution in [3.8, 4) is 0 Å². The molecule has 0 spiro atoms. The molecule has 6 nitrogen and oxygen atoms in total. The molecule has 0 aromatic rings. The highest BCUT2D eigenvalue weighted by Gasteiger charge is 2.38. The van der Waals surface area contributed by atoms with E-state index >= 15 is 0 Å². The Morgan fingerprint density at radius 3 is 2.65 bits per heavy atom. The Bertz CT molecular complexity index is 286. The number of rotatable bonds is 5. The van der Waals surface area contributed by atoms with E-state index in [0.717, 1.165) is 0 Å². The van der Waals surface area contributed by atoms with Gasteiger partial charge in [0.05, 0.1) is 13.2 Å². The molecule has 0 bridgehead atoms. The van der Waals surface area contributed by atoms with Crippen molar-refractivity contribution >= 4 is 11.8 Å². The number of carbonyl (C=O) groups is 2. The van der Waals surface area contributed by atoms with E-state index in [1.165, 1.54) is 0 Å². The highest BCUT2D eigenvalue weighted by molar-refractivity contribution is 5.90. The predicted molar refractivity (Wildman–Crippen MR) is 63.2 cm³/mol. The van der Waals surface area contributed by atoms with Crippen molar-refractivity contribution in [3.05, 3.63) is 0 Å². The van der Waals surface area contributed by atoms with Gasteiger partial charge in [0.25, 0.3) is 0 Å². The van der Waals surface area contributed by atoms with Crippen LogP contribution in [-0.2, 0) is 14.3 Å². The van der Waals surface area contributed by atoms with E-state index in [4.69, 9.17) is 10.5 Å². The summed E-state index contributed by atoms with van der Waals surface area (Å²) in [7, 11) is 0. The van der Waals surface area contributed by atoms with Crippen LogP contribution in [0.25, 0.3) is 0 Å². The number of ether oxygens (including phenoxy) is 1. The summed E-state index contributed by atoms with van der Waals surface area (Å²) in [4.78, 5) is 23.1. The van der Waals surface area contributed by atoms with Gasteiger partial charge in [-0.15, -0.1) is 0 Å². The second kappa shape index (κ2) is 5.97. The van der Waals surface area contributed by atoms with Crippen LogP contribution in [0.2, 0.25) is 0 Å². The van der Waals surface area contributed by atoms with Crippen molar-refractivity contribution in [1.82, 2.24) is 10.6 Å². The minimum absolute atomic E-state index is 0.0372. The van der Waals surface area contributed by atoms with Crippen LogP contribution in [0.5, 0.6) is 0 Å². The second-order valence-electron chi connectivity index (χ2n) is 4.84. The number of carbonyl (C=O) groups excluding carboxylic acids is 2. The van der Waals surface area contributed by atoms with Crippen molar-refractivity contribution < 1.29 is 14.3 Å². The number of hydrogen-bond acceptors (Lipinski definition) is 4. The molecule has 0 aromatic heterocycles. The Kier molecular flexibility index (Phi) is 4.89. The monoisotopic (exact) mass is 243 g/mol. The molecule has 0 radical (unpaired) electrons. The molecule has 98 valence electrons. The Balaban J connectivity index is 2.25. The van der Waals surface area contributed by atoms with E-state index in [9.17, 15) is 9.59 Å². The lowest BCUT2D eigenvalue weighted by atomic mass is 9.99. The van der Waals surface area contributed by atoms with Gasteiger partial charge in [-0.25, -0.2) is 0 Å². The van der Waals surface area contributed by atoms with Gasteiger partial charge in [0, 0.05) is 13.2 Å². The van der Waals surface area contributed by atoms with Gasteiger partial charge in [0.2, 0.25) is 11.8 Å². The molecule has 1 aliphatic rings. The Labute approximate surface area is 101 Å². The summed E-state index contributed by atoms with van der Waals surface area (Å²) in [5.74, 6) is -0.136. The topological polar surface area (TPSA) is 93.5 Å². The normalized spacial score (nSPS) is 23.8. The van der Waals surface area contributed by atoms with E-state index in [2.05, 4.69) is 10.6 Å². The molecule has 1 atom stereocenters. The molecule has 1 saturated heterocycles. The van der Waals surface area contributed by atoms with Crippen LogP contribution in [0.15, 0.2) is 0 Å². The van der Waals surface area contributed by atoms with Gasteiger partial charge in [-0.2, -0.15) is 0 Å². The minimum atomic E-state index is -0.974. The van der Waals surface area contributed by atoms with Gasteiger partial charge in [-0.05, 0) is 12.3 Å². The second-order valence-corrected chi connectivity index (χ2v) is 4.84. The van der Waals surface area contributed by atoms with Gasteiger partial charge < -0.3 is 21.1 Å². The maximum absolute atomic E-state index is 11.7. The van der Waals surface area contributed by atoms with Crippen LogP contribution in [0.1, 0.15) is 20.3 Å². The average molecular weight is 243 g/mol. The molecule has 17 heavy (non-hydrogen) atoms. The van der Waals surface area contributed by atoms with Gasteiger partial charge >= 0.3 is 0 Å². The van der Waals surface area contributed by atoms with Gasteiger partial charge in [-0.3, -0.25) is 9.59 Å². The van der Waals surface area contributed by atoms with Crippen LogP contribution in [0.3, 0.4) is 0 Å². The van der Waals surface area contributed by atoms with Gasteiger partial charge in [0.1, 0.15) is 5.54 Å². The van der Waals surface area contributed by atoms with Crippen molar-refractivity contribution in [2.75, 3.05) is 26.3 Å². The van der Waals surface area contributed by atoms with Crippen molar-refractivity contribution in [2.45, 2.75) is 25.8 Å². The third kappa shape index (κ3) is 4.32. The van der Waals surface area contributed by atoms with Gasteiger partial charge in [-0.1, -0.05) is 13.8 Å². The van der Waals surface area contributed by atoms with Crippen LogP contribution in [0.4, 0.5) is 0 Å². The zero-order chi connectivity index (χ0) is 12.9. The Morgan fingerprint density at radius 2 is 2.12 bits per heavy atom. The first-order valence-corrected chi connectivity index (χ1v) is 5.85. The fourth-order valence-electron chi connectivity index (χ4n) is 1.48. The highest BCUT2D eigenvalue weighted by Crippen LogP contribution is 2.14. The molecule has 2 amide bonds. The highest BCUT2D eigenvalue weighted by atomic mass is 16.5. The lowest BCUT2D eigenvalue weighted by Gasteiger charge is -2.20. The first-order chi connectivity index (χ1) is 7.94. The molecule has 1 rings (SSSR count). The maximum atomic E-state index is 11.7. The molecule has 1 aliphatic heterocycles. The SMILES string of the molecule is CC(C)CNC(=O)CNC(=O)C1(N)CCOC1. The molecule has 1 heterocycles. The first-order valence-electron chi connectivity index (χ1n) is 5.85. The summed E-state index contributed by atoms with van der Waals surface area (Å²) in [6.07, 6.45) is 0.493. The lowest BCUT2D eigenvalue weighted by molar-refractivity contribution is -0.129. The third-order valence-electron chi connectivity index (χ3n) is 2.62. The van der Waals surface area contributed by atoms with Crippen LogP contribution in [0, 0.1) is 5.92 Å². The zero-order valence-corrected chi connectivity index (χ0v) is 10.4. The number of nitrogens with two attached hydrogens (primary N) is 1. The molecular formula is C11H21N3O3. The third-order valence-corrected chi connectivity index (χ3v) is 2.62. The Hall–Kier alpha value is -1.14. The molecule has 1 fully saturated rings. The van der Waals surface area contributed by atoms with Crippen LogP contribution >= 0.6 is 0 Å². The van der Waals surface area contributed by atoms with E-state index in [1.807, 2.05) is 13.8 Å². The largest absolute Gasteiger partial charge is 0.379 e. The van der Waals surface area contributed by atoms with Gasteiger partial charge in [0.15, 0.2) is 0 Å². The minimum Gasteiger partial charge on any atom is -0.379 e. The summed E-state index contributed by atoms with van der Waals surface area (Å²) in [5.41, 5.74) is 4.87. The summed E-state index contributed by atoms with van der Waals surface area (Å²) >= 11 is 0. The first kappa shape index (κ1) is 13.9. The summed E-state index contributed by atoms with van der Waals surface area (Å²) in [6, 6.07) is 0. The molecule has 6 heteroatoms. The number of nitrogens with one attached hydrogen (secondary N) is 2. The fourth-order valence-corrected chi connectivity index (χ4v) is 1.48. The molecule has 0 saturated carbocycles. The number of amides is 2. The lowest BCUT2D eigenvalue weighted by Crippen LogP contribution is -2.56. The molecule has 0 aliphatic carbocycles. The van der Waals surface area contributed by atoms with Crippen molar-refractivity contribution in [1.29, 1.82) is 0 Å². The maximum Gasteiger partial charge on any atom is 0.243 e. The Morgan fingerprint density at radius 1 is 1.41 bits per heavy atom. The van der Waals surface area contributed by atoms with Crippen molar-refractivity contribution in [2.24, 2.45) is 11.7 Å². The summed E-state index contributed by atoms with van der Waals surface area (Å²) < 4.78 is 5.08. The zero-order valence-electron chi connectivity index (χ0n) is 10.4. The summed E-state index contributed by atoms with van der Waals surface area (Å²) in [5, 5.41) is 5.25. The van der Waals surface area contributed by atoms with Crippen molar-refractivity contribution in [3.63, 3.8) is 0 Å². The molecule has 1 unspecified atom stereocenters. The predicted octanol–water partition coefficient (Wildman–Crippen LogP) is -1.01. The molecule has 0 aromatic carbocycles. The van der Waals surface area contributed by atoms with Crippen LogP contribution < -0.4 is 16.4 Å². The fraction of sp³-hybridized carbons (Fsp3) is 0.818. The summed E-state index contributed by atoms with van der Waals surface area (Å²) in [6.45, 7) is 5.28. The smallest absolute Gasteiger partial charge is 0.243 e. The molecule has 4 N–H and O–H groups in total. The number of hydrogen-bond donors (Lipinski definition) is 3. The standard InChI is InChI=1S/C11H21N3O3/c1-8(2)5-13-9(15)6-14-10(16)11(12)3-4-17-7-11/h8H,3-7,12H2,1-2H3,(H,13,15)(H,14,16). The van der Waals surface area contributed by atoms with E-state index < -0.39 is 5.54 Å². The van der Waals surface area contributed by atoms with E-state index in [-0.39, 0.29) is 25.0 Å². The van der Waals surface area contributed by atoms with E-state index in [1.54, 1.807) is 0 Å². The quantitative estimate of drug-likeness (QED) is 0.577. The van der Waals surface area contributed by atoms with E-state index in [0.29, 0.717) is 25.5 Å². The average Bonchev–Trinajstić information content (AvgIpc) is 2.71.